The van der Waals surface area contributed by atoms with E-state index in [1.165, 1.54) is 5.56 Å². The number of aromatic amines is 1. The first kappa shape index (κ1) is 14.7. The number of thiazole rings is 1. The van der Waals surface area contributed by atoms with Crippen molar-refractivity contribution in [3.8, 4) is 21.8 Å². The van der Waals surface area contributed by atoms with Crippen LogP contribution in [0, 0.1) is 6.92 Å². The van der Waals surface area contributed by atoms with Gasteiger partial charge in [-0.15, -0.1) is 11.3 Å². The maximum absolute atomic E-state index is 11.8. The van der Waals surface area contributed by atoms with E-state index in [-0.39, 0.29) is 0 Å². The predicted octanol–water partition coefficient (Wildman–Crippen LogP) is 4.37. The van der Waals surface area contributed by atoms with Crippen LogP contribution in [-0.2, 0) is 0 Å². The molecule has 0 saturated carbocycles. The SMILES string of the molecule is Cc1ccc(-c2cc3c(-c4nccs4)ccc(C(N)=O)c3[nH]2)cc1. The molecule has 24 heavy (non-hydrogen) atoms. The average molecular weight is 333 g/mol. The summed E-state index contributed by atoms with van der Waals surface area (Å²) in [4.78, 5) is 19.5. The minimum absolute atomic E-state index is 0.442. The molecule has 0 fully saturated rings. The smallest absolute Gasteiger partial charge is 0.250 e. The van der Waals surface area contributed by atoms with Gasteiger partial charge in [0.2, 0.25) is 0 Å². The zero-order chi connectivity index (χ0) is 16.7. The van der Waals surface area contributed by atoms with E-state index in [1.807, 2.05) is 11.4 Å². The Morgan fingerprint density at radius 3 is 2.62 bits per heavy atom. The van der Waals surface area contributed by atoms with Crippen LogP contribution in [0.2, 0.25) is 0 Å². The van der Waals surface area contributed by atoms with Crippen LogP contribution < -0.4 is 5.73 Å². The lowest BCUT2D eigenvalue weighted by atomic mass is 10.0. The normalized spacial score (nSPS) is 11.0. The number of carbonyl (C=O) groups excluding carboxylic acids is 1. The molecule has 2 aromatic carbocycles. The van der Waals surface area contributed by atoms with Crippen LogP contribution in [0.3, 0.4) is 0 Å². The van der Waals surface area contributed by atoms with Crippen molar-refractivity contribution >= 4 is 28.1 Å². The topological polar surface area (TPSA) is 71.8 Å². The van der Waals surface area contributed by atoms with Gasteiger partial charge in [-0.3, -0.25) is 4.79 Å². The van der Waals surface area contributed by atoms with Crippen molar-refractivity contribution in [1.29, 1.82) is 0 Å². The zero-order valence-electron chi connectivity index (χ0n) is 13.0. The summed E-state index contributed by atoms with van der Waals surface area (Å²) in [6.45, 7) is 2.06. The van der Waals surface area contributed by atoms with Crippen molar-refractivity contribution < 1.29 is 4.79 Å². The second kappa shape index (κ2) is 5.62. The average Bonchev–Trinajstić information content (AvgIpc) is 3.24. The number of aromatic nitrogens is 2. The highest BCUT2D eigenvalue weighted by molar-refractivity contribution is 7.13. The van der Waals surface area contributed by atoms with Crippen LogP contribution in [0.5, 0.6) is 0 Å². The number of nitrogens with one attached hydrogen (secondary N) is 1. The number of amides is 1. The molecule has 0 saturated heterocycles. The quantitative estimate of drug-likeness (QED) is 0.584. The van der Waals surface area contributed by atoms with E-state index in [2.05, 4.69) is 47.2 Å². The molecule has 1 amide bonds. The summed E-state index contributed by atoms with van der Waals surface area (Å²) in [5, 5.41) is 3.82. The van der Waals surface area contributed by atoms with Gasteiger partial charge in [-0.1, -0.05) is 35.9 Å². The Balaban J connectivity index is 1.98. The van der Waals surface area contributed by atoms with Crippen molar-refractivity contribution in [2.45, 2.75) is 6.92 Å². The van der Waals surface area contributed by atoms with Gasteiger partial charge in [-0.25, -0.2) is 4.98 Å². The first-order valence-corrected chi connectivity index (χ1v) is 8.44. The van der Waals surface area contributed by atoms with Crippen LogP contribution in [0.1, 0.15) is 15.9 Å². The number of carbonyl (C=O) groups is 1. The van der Waals surface area contributed by atoms with Crippen LogP contribution in [0.15, 0.2) is 54.0 Å². The number of nitrogens with zero attached hydrogens (tertiary/aromatic N) is 1. The lowest BCUT2D eigenvalue weighted by Gasteiger charge is -2.03. The zero-order valence-corrected chi connectivity index (χ0v) is 13.9. The van der Waals surface area contributed by atoms with Crippen molar-refractivity contribution in [2.24, 2.45) is 5.73 Å². The Morgan fingerprint density at radius 2 is 1.96 bits per heavy atom. The fourth-order valence-corrected chi connectivity index (χ4v) is 3.53. The van der Waals surface area contributed by atoms with Gasteiger partial charge < -0.3 is 10.7 Å². The second-order valence-corrected chi connectivity index (χ2v) is 6.59. The van der Waals surface area contributed by atoms with Gasteiger partial charge >= 0.3 is 0 Å². The molecule has 4 rings (SSSR count). The Morgan fingerprint density at radius 1 is 1.17 bits per heavy atom. The molecule has 0 aliphatic heterocycles. The van der Waals surface area contributed by atoms with Crippen molar-refractivity contribution in [1.82, 2.24) is 9.97 Å². The minimum atomic E-state index is -0.442. The maximum Gasteiger partial charge on any atom is 0.250 e. The van der Waals surface area contributed by atoms with Gasteiger partial charge in [0.25, 0.3) is 5.91 Å². The molecule has 2 heterocycles. The van der Waals surface area contributed by atoms with E-state index in [9.17, 15) is 4.79 Å². The maximum atomic E-state index is 11.8. The van der Waals surface area contributed by atoms with Crippen LogP contribution in [0.25, 0.3) is 32.7 Å². The van der Waals surface area contributed by atoms with Crippen molar-refractivity contribution in [2.75, 3.05) is 0 Å². The van der Waals surface area contributed by atoms with Crippen molar-refractivity contribution in [3.63, 3.8) is 0 Å². The molecule has 0 atom stereocenters. The highest BCUT2D eigenvalue weighted by Crippen LogP contribution is 2.35. The van der Waals surface area contributed by atoms with Crippen LogP contribution in [0.4, 0.5) is 0 Å². The molecule has 5 heteroatoms. The van der Waals surface area contributed by atoms with E-state index >= 15 is 0 Å². The number of nitrogens with two attached hydrogens (primary N) is 1. The summed E-state index contributed by atoms with van der Waals surface area (Å²) in [5.74, 6) is -0.442. The summed E-state index contributed by atoms with van der Waals surface area (Å²) >= 11 is 1.57. The largest absolute Gasteiger partial charge is 0.366 e. The number of H-pyrrole nitrogens is 1. The molecule has 4 nitrogen and oxygen atoms in total. The third kappa shape index (κ3) is 2.39. The molecule has 0 spiro atoms. The van der Waals surface area contributed by atoms with E-state index < -0.39 is 5.91 Å². The van der Waals surface area contributed by atoms with E-state index in [4.69, 9.17) is 5.73 Å². The van der Waals surface area contributed by atoms with Crippen LogP contribution in [-0.4, -0.2) is 15.9 Å². The molecule has 0 aliphatic carbocycles. The van der Waals surface area contributed by atoms with Gasteiger partial charge in [-0.05, 0) is 24.6 Å². The Labute approximate surface area is 143 Å². The highest BCUT2D eigenvalue weighted by atomic mass is 32.1. The molecule has 0 unspecified atom stereocenters. The third-order valence-electron chi connectivity index (χ3n) is 4.08. The number of hydrogen-bond donors (Lipinski definition) is 2. The number of fused-ring (bicyclic) bond motifs is 1. The van der Waals surface area contributed by atoms with Gasteiger partial charge in [0, 0.05) is 28.2 Å². The summed E-state index contributed by atoms with van der Waals surface area (Å²) in [6.07, 6.45) is 1.78. The predicted molar refractivity (Wildman–Crippen MR) is 98.1 cm³/mol. The monoisotopic (exact) mass is 333 g/mol. The molecule has 0 aliphatic rings. The molecule has 0 bridgehead atoms. The Bertz CT molecular complexity index is 1030. The van der Waals surface area contributed by atoms with Gasteiger partial charge in [-0.2, -0.15) is 0 Å². The van der Waals surface area contributed by atoms with Gasteiger partial charge in [0.15, 0.2) is 0 Å². The van der Waals surface area contributed by atoms with Gasteiger partial charge in [0.1, 0.15) is 5.01 Å². The van der Waals surface area contributed by atoms with Gasteiger partial charge in [0.05, 0.1) is 11.1 Å². The molecule has 4 aromatic rings. The second-order valence-electron chi connectivity index (χ2n) is 5.70. The Kier molecular flexibility index (Phi) is 3.43. The lowest BCUT2D eigenvalue weighted by molar-refractivity contribution is 0.100. The summed E-state index contributed by atoms with van der Waals surface area (Å²) in [7, 11) is 0. The first-order chi connectivity index (χ1) is 11.6. The summed E-state index contributed by atoms with van der Waals surface area (Å²) in [6, 6.07) is 14.0. The standard InChI is InChI=1S/C19H15N3OS/c1-11-2-4-12(5-3-11)16-10-15-13(19-21-8-9-24-19)6-7-14(18(20)23)17(15)22-16/h2-10,22H,1H3,(H2,20,23). The van der Waals surface area contributed by atoms with Crippen molar-refractivity contribution in [3.05, 3.63) is 65.2 Å². The fourth-order valence-electron chi connectivity index (χ4n) is 2.86. The first-order valence-electron chi connectivity index (χ1n) is 7.56. The molecular weight excluding hydrogens is 318 g/mol. The highest BCUT2D eigenvalue weighted by Gasteiger charge is 2.16. The summed E-state index contributed by atoms with van der Waals surface area (Å²) < 4.78 is 0. The number of hydrogen-bond acceptors (Lipinski definition) is 3. The molecule has 3 N–H and O–H groups in total. The van der Waals surface area contributed by atoms with E-state index in [1.54, 1.807) is 23.6 Å². The fraction of sp³-hybridized carbons (Fsp3) is 0.0526. The number of aryl methyl sites for hydroxylation is 1. The lowest BCUT2D eigenvalue weighted by Crippen LogP contribution is -2.11. The minimum Gasteiger partial charge on any atom is -0.366 e. The van der Waals surface area contributed by atoms with E-state index in [0.29, 0.717) is 5.56 Å². The number of primary amides is 1. The number of rotatable bonds is 3. The van der Waals surface area contributed by atoms with Crippen LogP contribution >= 0.6 is 11.3 Å². The molecule has 2 aromatic heterocycles. The Hall–Kier alpha value is -2.92. The van der Waals surface area contributed by atoms with E-state index in [0.717, 1.165) is 32.7 Å². The molecule has 0 radical (unpaired) electrons. The molecular formula is C19H15N3OS. The third-order valence-corrected chi connectivity index (χ3v) is 4.89. The summed E-state index contributed by atoms with van der Waals surface area (Å²) in [5.41, 5.74) is 11.0. The number of benzene rings is 2. The molecule has 118 valence electrons.